The van der Waals surface area contributed by atoms with E-state index in [0.29, 0.717) is 38.5 Å². The lowest BCUT2D eigenvalue weighted by Gasteiger charge is -2.53. The minimum atomic E-state index is -0.673. The van der Waals surface area contributed by atoms with Gasteiger partial charge in [0.05, 0.1) is 23.7 Å². The number of fused-ring (bicyclic) bond motifs is 3. The van der Waals surface area contributed by atoms with Crippen molar-refractivity contribution in [1.82, 2.24) is 31.1 Å². The summed E-state index contributed by atoms with van der Waals surface area (Å²) in [6.45, 7) is 0.741. The van der Waals surface area contributed by atoms with E-state index in [0.717, 1.165) is 25.7 Å². The predicted molar refractivity (Wildman–Crippen MR) is 263 cm³/mol. The Balaban J connectivity index is 0.710. The highest BCUT2D eigenvalue weighted by atomic mass is 16.2. The van der Waals surface area contributed by atoms with Crippen molar-refractivity contribution in [2.24, 2.45) is 34.5 Å². The molecule has 362 valence electrons. The zero-order chi connectivity index (χ0) is 47.7. The molecule has 9 aliphatic rings. The van der Waals surface area contributed by atoms with Crippen LogP contribution in [0.2, 0.25) is 0 Å². The highest BCUT2D eigenvalue weighted by Gasteiger charge is 2.60. The molecule has 12 heteroatoms. The van der Waals surface area contributed by atoms with Crippen LogP contribution in [0.4, 0.5) is 0 Å². The van der Waals surface area contributed by atoms with E-state index in [-0.39, 0.29) is 109 Å². The van der Waals surface area contributed by atoms with Gasteiger partial charge in [0.15, 0.2) is 0 Å². The summed E-state index contributed by atoms with van der Waals surface area (Å²) in [6, 6.07) is 40.7. The molecule has 12 atom stereocenters. The lowest BCUT2D eigenvalue weighted by molar-refractivity contribution is -0.162. The van der Waals surface area contributed by atoms with E-state index >= 15 is 0 Å². The van der Waals surface area contributed by atoms with Gasteiger partial charge in [-0.15, -0.1) is 0 Å². The highest BCUT2D eigenvalue weighted by Crippen LogP contribution is 2.59. The number of nitrogens with zero attached hydrogens (tertiary/aromatic N) is 2. The van der Waals surface area contributed by atoms with E-state index < -0.39 is 34.5 Å². The van der Waals surface area contributed by atoms with Gasteiger partial charge < -0.3 is 31.1 Å². The van der Waals surface area contributed by atoms with Crippen LogP contribution >= 0.6 is 0 Å². The Labute approximate surface area is 410 Å². The second-order valence-corrected chi connectivity index (χ2v) is 22.4. The van der Waals surface area contributed by atoms with Gasteiger partial charge in [-0.3, -0.25) is 28.8 Å². The summed E-state index contributed by atoms with van der Waals surface area (Å²) in [7, 11) is 0. The highest BCUT2D eigenvalue weighted by molar-refractivity contribution is 5.94. The van der Waals surface area contributed by atoms with Crippen molar-refractivity contribution in [3.8, 4) is 0 Å². The van der Waals surface area contributed by atoms with Gasteiger partial charge in [0.1, 0.15) is 0 Å². The molecule has 9 fully saturated rings. The van der Waals surface area contributed by atoms with Crippen molar-refractivity contribution in [1.29, 1.82) is 0 Å². The SMILES string of the molecule is O=C(NC1CC1c1ccccc1)[C@@H]1CN(C(=O)C23CCC(C(=O)N4C[C@@H](C(=O)N[C@H]5C[C@@H]5c5ccccc5)[C@H](C(=O)N[C@H]5C[C@@H]5c5ccccc5)C4)(CC2)CC3)C[C@H]1C(=O)N[C@H]1C[C@@H]1c1ccccc1. The van der Waals surface area contributed by atoms with Crippen molar-refractivity contribution in [2.45, 2.75) is 112 Å². The van der Waals surface area contributed by atoms with Gasteiger partial charge >= 0.3 is 0 Å². The number of hydrogen-bond donors (Lipinski definition) is 4. The number of likely N-dealkylation sites (tertiary alicyclic amines) is 2. The fraction of sp³-hybridized carbons (Fsp3) is 0.483. The first kappa shape index (κ1) is 44.9. The number of amides is 6. The van der Waals surface area contributed by atoms with Crippen LogP contribution in [-0.4, -0.2) is 95.6 Å². The summed E-state index contributed by atoms with van der Waals surface area (Å²) in [6.07, 6.45) is 6.60. The number of rotatable bonds is 14. The molecule has 2 bridgehead atoms. The number of benzene rings is 4. The first-order valence-corrected chi connectivity index (χ1v) is 26.1. The largest absolute Gasteiger partial charge is 0.352 e. The van der Waals surface area contributed by atoms with Gasteiger partial charge in [0.2, 0.25) is 35.4 Å². The fourth-order valence-corrected chi connectivity index (χ4v) is 13.4. The van der Waals surface area contributed by atoms with Gasteiger partial charge in [-0.05, 0) is 86.5 Å². The molecule has 4 aromatic rings. The molecule has 2 unspecified atom stereocenters. The summed E-state index contributed by atoms with van der Waals surface area (Å²) >= 11 is 0. The van der Waals surface area contributed by atoms with Gasteiger partial charge in [-0.25, -0.2) is 0 Å². The van der Waals surface area contributed by atoms with Gasteiger partial charge in [-0.1, -0.05) is 121 Å². The first-order chi connectivity index (χ1) is 34.1. The molecule has 0 spiro atoms. The maximum absolute atomic E-state index is 14.9. The van der Waals surface area contributed by atoms with E-state index in [2.05, 4.69) is 69.8 Å². The molecular weight excluding hydrogens is 877 g/mol. The normalized spacial score (nSPS) is 35.3. The molecule has 2 saturated heterocycles. The Morgan fingerprint density at radius 2 is 0.557 bits per heavy atom. The summed E-state index contributed by atoms with van der Waals surface area (Å²) in [5.74, 6) is -2.45. The van der Waals surface area contributed by atoms with E-state index in [1.165, 1.54) is 22.3 Å². The molecule has 0 radical (unpaired) electrons. The van der Waals surface area contributed by atoms with Crippen molar-refractivity contribution < 1.29 is 28.8 Å². The van der Waals surface area contributed by atoms with Crippen LogP contribution < -0.4 is 21.3 Å². The minimum Gasteiger partial charge on any atom is -0.352 e. The monoisotopic (exact) mass is 940 g/mol. The molecule has 2 aliphatic heterocycles. The average Bonchev–Trinajstić information content (AvgIpc) is 4.34. The van der Waals surface area contributed by atoms with Crippen LogP contribution in [0, 0.1) is 34.5 Å². The maximum atomic E-state index is 14.9. The molecule has 7 aliphatic carbocycles. The first-order valence-electron chi connectivity index (χ1n) is 26.1. The Morgan fingerprint density at radius 3 is 0.771 bits per heavy atom. The quantitative estimate of drug-likeness (QED) is 0.119. The topological polar surface area (TPSA) is 157 Å². The summed E-state index contributed by atoms with van der Waals surface area (Å²) in [5, 5.41) is 13.0. The standard InChI is InChI=1S/C58H64N6O6/c65-51(59-47-27-39(47)35-13-5-1-6-14-35)43-31-63(32-44(43)52(66)60-48-28-40(48)36-15-7-2-8-16-36)55(69)57-21-24-58(25-22-57,26-23-57)56(70)64-33-45(53(67)61-49-29-41(49)37-17-9-3-10-18-37)46(34-64)54(68)62-50-30-42(50)38-19-11-4-12-20-38/h1-20,39-50H,21-34H2,(H,59,65)(H,60,66)(H,61,67)(H,62,68)/t39-,40-,41-,42?,43-,44-,45-,46-,47+,48+,49+,50?,57?,58?/m1/s1. The van der Waals surface area contributed by atoms with E-state index in [4.69, 9.17) is 0 Å². The Bertz CT molecular complexity index is 2310. The number of hydrogen-bond acceptors (Lipinski definition) is 6. The minimum absolute atomic E-state index is 0.00415. The molecule has 6 amide bonds. The molecule has 7 saturated carbocycles. The zero-order valence-electron chi connectivity index (χ0n) is 39.7. The van der Waals surface area contributed by atoms with Crippen molar-refractivity contribution >= 4 is 35.4 Å². The summed E-state index contributed by atoms with van der Waals surface area (Å²) < 4.78 is 0. The van der Waals surface area contributed by atoms with Crippen LogP contribution in [0.1, 0.15) is 110 Å². The van der Waals surface area contributed by atoms with E-state index in [1.54, 1.807) is 9.80 Å². The van der Waals surface area contributed by atoms with Crippen molar-refractivity contribution in [3.63, 3.8) is 0 Å². The summed E-state index contributed by atoms with van der Waals surface area (Å²) in [5.41, 5.74) is 3.40. The lowest BCUT2D eigenvalue weighted by atomic mass is 9.53. The van der Waals surface area contributed by atoms with Crippen molar-refractivity contribution in [3.05, 3.63) is 144 Å². The average molecular weight is 941 g/mol. The Hall–Kier alpha value is -6.30. The molecule has 12 nitrogen and oxygen atoms in total. The lowest BCUT2D eigenvalue weighted by Crippen LogP contribution is -2.56. The van der Waals surface area contributed by atoms with Crippen molar-refractivity contribution in [2.75, 3.05) is 26.2 Å². The molecular formula is C58H64N6O6. The Kier molecular flexibility index (Phi) is 11.4. The smallest absolute Gasteiger partial charge is 0.228 e. The molecule has 0 aromatic heterocycles. The van der Waals surface area contributed by atoms with Gasteiger partial charge in [0.25, 0.3) is 0 Å². The van der Waals surface area contributed by atoms with Crippen LogP contribution in [0.5, 0.6) is 0 Å². The number of nitrogens with one attached hydrogen (secondary N) is 4. The zero-order valence-corrected chi connectivity index (χ0v) is 39.7. The second kappa shape index (κ2) is 17.8. The fourth-order valence-electron chi connectivity index (χ4n) is 13.4. The van der Waals surface area contributed by atoms with Gasteiger partial charge in [-0.2, -0.15) is 0 Å². The predicted octanol–water partition coefficient (Wildman–Crippen LogP) is 6.17. The molecule has 70 heavy (non-hydrogen) atoms. The Morgan fingerprint density at radius 1 is 0.343 bits per heavy atom. The number of carbonyl (C=O) groups is 6. The van der Waals surface area contributed by atoms with Crippen LogP contribution in [0.3, 0.4) is 0 Å². The molecule has 2 heterocycles. The molecule has 4 aromatic carbocycles. The third kappa shape index (κ3) is 8.59. The third-order valence-electron chi connectivity index (χ3n) is 18.1. The molecule has 13 rings (SSSR count). The number of carbonyl (C=O) groups excluding carboxylic acids is 6. The third-order valence-corrected chi connectivity index (χ3v) is 18.1. The van der Waals surface area contributed by atoms with E-state index in [1.807, 2.05) is 72.8 Å². The maximum Gasteiger partial charge on any atom is 0.228 e. The van der Waals surface area contributed by atoms with Gasteiger partial charge in [0, 0.05) is 84.8 Å². The van der Waals surface area contributed by atoms with Crippen LogP contribution in [-0.2, 0) is 28.8 Å². The van der Waals surface area contributed by atoms with E-state index in [9.17, 15) is 28.8 Å². The molecule has 4 N–H and O–H groups in total. The van der Waals surface area contributed by atoms with Crippen LogP contribution in [0.25, 0.3) is 0 Å². The summed E-state index contributed by atoms with van der Waals surface area (Å²) in [4.78, 5) is 90.1. The second-order valence-electron chi connectivity index (χ2n) is 22.4. The van der Waals surface area contributed by atoms with Crippen LogP contribution in [0.15, 0.2) is 121 Å².